The molecule has 2 heterocycles. The largest absolute Gasteiger partial charge is 2.00 e. The molecule has 2 fully saturated rings. The fourth-order valence-electron chi connectivity index (χ4n) is 5.71. The fraction of sp³-hybridized carbons (Fsp3) is 0.350. The molecule has 0 radical (unpaired) electrons. The molecule has 0 bridgehead atoms. The quantitative estimate of drug-likeness (QED) is 0.0528. The Morgan fingerprint density at radius 2 is 0.907 bits per heavy atom. The van der Waals surface area contributed by atoms with Gasteiger partial charge in [0.2, 0.25) is 0 Å². The van der Waals surface area contributed by atoms with E-state index in [9.17, 15) is 20.4 Å². The molecule has 0 unspecified atom stereocenters. The van der Waals surface area contributed by atoms with Crippen molar-refractivity contribution in [2.45, 2.75) is 12.3 Å². The van der Waals surface area contributed by atoms with Crippen molar-refractivity contribution in [1.29, 1.82) is 0 Å². The third-order valence-corrected chi connectivity index (χ3v) is 8.68. The molecule has 10 N–H and O–H groups in total. The Morgan fingerprint density at radius 3 is 1.20 bits per heavy atom. The van der Waals surface area contributed by atoms with Gasteiger partial charge in [0, 0.05) is 22.3 Å². The van der Waals surface area contributed by atoms with E-state index in [1.54, 1.807) is 61.0 Å². The second kappa shape index (κ2) is 28.2. The summed E-state index contributed by atoms with van der Waals surface area (Å²) >= 11 is 0. The van der Waals surface area contributed by atoms with E-state index in [1.807, 2.05) is 62.6 Å². The van der Waals surface area contributed by atoms with Gasteiger partial charge in [0.05, 0.1) is 40.3 Å². The van der Waals surface area contributed by atoms with Gasteiger partial charge < -0.3 is 41.7 Å². The number of hydrogen-bond acceptors (Lipinski definition) is 6. The predicted octanol–water partition coefficient (Wildman–Crippen LogP) is -7.32. The maximum absolute atomic E-state index is 11.5. The van der Waals surface area contributed by atoms with Crippen LogP contribution in [0.15, 0.2) is 97.1 Å². The minimum atomic E-state index is 0. The van der Waals surface area contributed by atoms with Crippen LogP contribution in [0, 0.1) is 0 Å². The minimum Gasteiger partial charge on any atom is -0.872 e. The summed E-state index contributed by atoms with van der Waals surface area (Å²) in [6.07, 6.45) is 4.00. The number of likely N-dealkylation sites (N-methyl/N-ethyl adjacent to an activating group) is 4. The van der Waals surface area contributed by atoms with E-state index < -0.39 is 0 Å². The molecule has 54 heavy (non-hydrogen) atoms. The second-order valence-electron chi connectivity index (χ2n) is 12.6. The van der Waals surface area contributed by atoms with Gasteiger partial charge in [-0.25, -0.2) is 19.8 Å². The van der Waals surface area contributed by atoms with E-state index in [1.165, 1.54) is 0 Å². The Kier molecular flexibility index (Phi) is 25.4. The third-order valence-electron chi connectivity index (χ3n) is 8.68. The van der Waals surface area contributed by atoms with Crippen molar-refractivity contribution in [3.8, 4) is 23.0 Å². The van der Waals surface area contributed by atoms with Crippen molar-refractivity contribution in [3.05, 3.63) is 119 Å². The number of benzene rings is 4. The first-order valence-electron chi connectivity index (χ1n) is 18.1. The molecule has 4 aromatic carbocycles. The standard InChI is InChI=1S/4C10H14N2O.2Mg/c2*1-12-7-6-11-10(12)8-4-2-3-5-9(8)13;2*1-11-6-7-12-8-9-4-2-3-5-10(9)13;;/h2*2-5,10-11,13H,6-7H2,1H3;2*2-5,8,11,13H,6-7H2,1H3;;/q;;;;2*+2/p+2/t2*10-;;;;/m10..../s1. The Balaban J connectivity index is 0.000000356. The van der Waals surface area contributed by atoms with E-state index in [0.717, 1.165) is 74.6 Å². The zero-order valence-electron chi connectivity index (χ0n) is 32.5. The van der Waals surface area contributed by atoms with Crippen LogP contribution in [0.25, 0.3) is 0 Å². The molecular weight excluding hydrogens is 705 g/mol. The average Bonchev–Trinajstić information content (AvgIpc) is 3.78. The number of hydrogen-bond donors (Lipinski definition) is 6. The molecule has 0 aliphatic carbocycles. The fourth-order valence-corrected chi connectivity index (χ4v) is 5.71. The number of nitrogens with two attached hydrogens (primary N) is 4. The van der Waals surface area contributed by atoms with Crippen LogP contribution in [0.2, 0.25) is 0 Å². The molecule has 0 aromatic heterocycles. The first-order valence-corrected chi connectivity index (χ1v) is 18.1. The normalized spacial score (nSPS) is 16.6. The number of nitrogens with zero attached hydrogens (tertiary/aromatic N) is 2. The van der Waals surface area contributed by atoms with Crippen molar-refractivity contribution in [3.63, 3.8) is 0 Å². The molecule has 4 aromatic rings. The van der Waals surface area contributed by atoms with Gasteiger partial charge in [-0.2, -0.15) is 0 Å². The first-order chi connectivity index (χ1) is 25.3. The summed E-state index contributed by atoms with van der Waals surface area (Å²) in [6.45, 7) is 8.05. The molecule has 280 valence electrons. The summed E-state index contributed by atoms with van der Waals surface area (Å²) in [5.74, 6) is 0.431. The van der Waals surface area contributed by atoms with Gasteiger partial charge in [0.25, 0.3) is 0 Å². The summed E-state index contributed by atoms with van der Waals surface area (Å²) in [6, 6.07) is 28.5. The van der Waals surface area contributed by atoms with Gasteiger partial charge >= 0.3 is 46.1 Å². The van der Waals surface area contributed by atoms with Gasteiger partial charge in [-0.05, 0) is 26.2 Å². The van der Waals surface area contributed by atoms with E-state index in [0.29, 0.717) is 0 Å². The van der Waals surface area contributed by atoms with Crippen molar-refractivity contribution in [2.24, 2.45) is 0 Å². The molecule has 0 spiro atoms. The molecule has 2 atom stereocenters. The molecular formula is C40H58Mg2N8O4+6. The smallest absolute Gasteiger partial charge is 0.872 e. The van der Waals surface area contributed by atoms with Gasteiger partial charge in [-0.3, -0.25) is 0 Å². The minimum absolute atomic E-state index is 0. The topological polar surface area (TPSA) is 193 Å². The summed E-state index contributed by atoms with van der Waals surface area (Å²) < 4.78 is 0. The number of rotatable bonds is 10. The molecule has 2 aliphatic heterocycles. The molecule has 14 heteroatoms. The van der Waals surface area contributed by atoms with Crippen LogP contribution in [0.3, 0.4) is 0 Å². The zero-order valence-corrected chi connectivity index (χ0v) is 35.3. The van der Waals surface area contributed by atoms with Crippen LogP contribution in [-0.2, 0) is 0 Å². The summed E-state index contributed by atoms with van der Waals surface area (Å²) in [4.78, 5) is 10.6. The molecule has 2 aliphatic rings. The number of nitrogens with one attached hydrogen (secondary N) is 2. The Morgan fingerprint density at radius 1 is 0.574 bits per heavy atom. The van der Waals surface area contributed by atoms with Crippen LogP contribution >= 0.6 is 0 Å². The van der Waals surface area contributed by atoms with E-state index in [4.69, 9.17) is 0 Å². The Hall–Kier alpha value is -3.29. The summed E-state index contributed by atoms with van der Waals surface area (Å²) in [5, 5.41) is 54.0. The molecule has 12 nitrogen and oxygen atoms in total. The van der Waals surface area contributed by atoms with E-state index in [-0.39, 0.29) is 81.4 Å². The van der Waals surface area contributed by atoms with Crippen molar-refractivity contribution < 1.29 is 51.7 Å². The predicted molar refractivity (Wildman–Crippen MR) is 207 cm³/mol. The Bertz CT molecular complexity index is 1540. The third kappa shape index (κ3) is 17.0. The number of para-hydroxylation sites is 4. The van der Waals surface area contributed by atoms with Crippen LogP contribution < -0.4 is 51.7 Å². The van der Waals surface area contributed by atoms with Crippen molar-refractivity contribution in [2.75, 3.05) is 80.5 Å². The van der Waals surface area contributed by atoms with Gasteiger partial charge in [0.1, 0.15) is 13.1 Å². The van der Waals surface area contributed by atoms with Crippen molar-refractivity contribution in [1.82, 2.24) is 9.80 Å². The molecule has 0 amide bonds. The van der Waals surface area contributed by atoms with Gasteiger partial charge in [-0.15, -0.1) is 0 Å². The van der Waals surface area contributed by atoms with Crippen LogP contribution in [0.4, 0.5) is 0 Å². The van der Waals surface area contributed by atoms with Crippen molar-refractivity contribution >= 4 is 58.5 Å². The van der Waals surface area contributed by atoms with Crippen LogP contribution in [0.5, 0.6) is 23.0 Å². The van der Waals surface area contributed by atoms with Gasteiger partial charge in [-0.1, -0.05) is 108 Å². The average molecular weight is 764 g/mol. The molecule has 0 saturated carbocycles. The summed E-state index contributed by atoms with van der Waals surface area (Å²) in [7, 11) is 8.15. The zero-order chi connectivity index (χ0) is 37.6. The first kappa shape index (κ1) is 48.7. The maximum Gasteiger partial charge on any atom is 2.00 e. The number of quaternary nitrogens is 4. The van der Waals surface area contributed by atoms with E-state index in [2.05, 4.69) is 55.1 Å². The Labute approximate surface area is 353 Å². The molecule has 6 rings (SSSR count). The monoisotopic (exact) mass is 762 g/mol. The second-order valence-corrected chi connectivity index (χ2v) is 12.6. The molecule has 2 saturated heterocycles. The SMILES string of the molecule is CN1CC[NH2+][C@@H]1c1ccccc1[O-].CN1CC[NH2+][C@H]1c1ccccc1[O-].C[NH2+]CC[NH+]=Cc1ccccc1[O-].C[NH2+]CC[NH+]=Cc1ccccc1[O-].[Mg+2].[Mg+2]. The van der Waals surface area contributed by atoms with Gasteiger partial charge in [0.15, 0.2) is 37.9 Å². The summed E-state index contributed by atoms with van der Waals surface area (Å²) in [5.41, 5.74) is 3.25. The van der Waals surface area contributed by atoms with E-state index >= 15 is 0 Å². The van der Waals surface area contributed by atoms with Crippen LogP contribution in [-0.4, -0.2) is 149 Å². The maximum atomic E-state index is 11.5. The van der Waals surface area contributed by atoms with Crippen LogP contribution in [0.1, 0.15) is 34.6 Å².